The fraction of sp³-hybridized carbons (Fsp3) is 0.500. The van der Waals surface area contributed by atoms with E-state index in [1.807, 2.05) is 34.1 Å². The number of rotatable bonds is 5. The Labute approximate surface area is 171 Å². The quantitative estimate of drug-likeness (QED) is 0.841. The van der Waals surface area contributed by atoms with Crippen molar-refractivity contribution in [2.45, 2.75) is 38.5 Å². The lowest BCUT2D eigenvalue weighted by Crippen LogP contribution is -2.50. The molecule has 0 bridgehead atoms. The number of aryl methyl sites for hydroxylation is 2. The zero-order valence-electron chi connectivity index (χ0n) is 16.9. The average Bonchev–Trinajstić information content (AvgIpc) is 3.21. The second kappa shape index (κ2) is 8.68. The minimum absolute atomic E-state index is 0.00488. The number of nitrogens with one attached hydrogen (secondary N) is 1. The SMILES string of the molecule is COc1ccc(CCC(=O)N2CCN(C(=O)c3n[nH]c4c3CCCC4)CC2)cc1. The van der Waals surface area contributed by atoms with Gasteiger partial charge >= 0.3 is 0 Å². The van der Waals surface area contributed by atoms with E-state index in [4.69, 9.17) is 4.74 Å². The maximum absolute atomic E-state index is 12.9. The zero-order chi connectivity index (χ0) is 20.2. The molecule has 1 fully saturated rings. The summed E-state index contributed by atoms with van der Waals surface area (Å²) in [7, 11) is 1.64. The molecule has 1 N–H and O–H groups in total. The van der Waals surface area contributed by atoms with Gasteiger partial charge in [0, 0.05) is 43.9 Å². The van der Waals surface area contributed by atoms with E-state index < -0.39 is 0 Å². The molecule has 4 rings (SSSR count). The predicted molar refractivity (Wildman–Crippen MR) is 109 cm³/mol. The molecule has 1 aromatic carbocycles. The number of carbonyl (C=O) groups is 2. The van der Waals surface area contributed by atoms with Crippen LogP contribution in [0.1, 0.15) is 46.6 Å². The van der Waals surface area contributed by atoms with Gasteiger partial charge in [-0.05, 0) is 49.8 Å². The van der Waals surface area contributed by atoms with E-state index >= 15 is 0 Å². The molecule has 2 heterocycles. The van der Waals surface area contributed by atoms with Crippen LogP contribution in [0.5, 0.6) is 5.75 Å². The van der Waals surface area contributed by atoms with Crippen molar-refractivity contribution in [2.24, 2.45) is 0 Å². The summed E-state index contributed by atoms with van der Waals surface area (Å²) in [5.74, 6) is 0.957. The fourth-order valence-electron chi connectivity index (χ4n) is 4.17. The summed E-state index contributed by atoms with van der Waals surface area (Å²) >= 11 is 0. The molecule has 7 heteroatoms. The topological polar surface area (TPSA) is 78.5 Å². The van der Waals surface area contributed by atoms with Crippen LogP contribution >= 0.6 is 0 Å². The first-order valence-corrected chi connectivity index (χ1v) is 10.4. The molecule has 0 atom stereocenters. The molecule has 0 spiro atoms. The number of piperazine rings is 1. The molecule has 1 aliphatic heterocycles. The number of amides is 2. The first-order valence-electron chi connectivity index (χ1n) is 10.4. The highest BCUT2D eigenvalue weighted by Crippen LogP contribution is 2.23. The molecule has 0 unspecified atom stereocenters. The summed E-state index contributed by atoms with van der Waals surface area (Å²) < 4.78 is 5.16. The van der Waals surface area contributed by atoms with Crippen LogP contribution in [0.2, 0.25) is 0 Å². The van der Waals surface area contributed by atoms with Gasteiger partial charge in [0.2, 0.25) is 5.91 Å². The van der Waals surface area contributed by atoms with E-state index in [2.05, 4.69) is 10.2 Å². The first-order chi connectivity index (χ1) is 14.2. The number of hydrogen-bond donors (Lipinski definition) is 1. The van der Waals surface area contributed by atoms with Crippen molar-refractivity contribution in [3.63, 3.8) is 0 Å². The third-order valence-corrected chi connectivity index (χ3v) is 5.97. The van der Waals surface area contributed by atoms with Crippen molar-refractivity contribution in [2.75, 3.05) is 33.3 Å². The van der Waals surface area contributed by atoms with Crippen LogP contribution in [0.4, 0.5) is 0 Å². The highest BCUT2D eigenvalue weighted by atomic mass is 16.5. The number of carbonyl (C=O) groups excluding carboxylic acids is 2. The predicted octanol–water partition coefficient (Wildman–Crippen LogP) is 2.21. The van der Waals surface area contributed by atoms with Gasteiger partial charge in [0.1, 0.15) is 5.75 Å². The third-order valence-electron chi connectivity index (χ3n) is 5.97. The lowest BCUT2D eigenvalue weighted by Gasteiger charge is -2.34. The molecule has 154 valence electrons. The Kier molecular flexibility index (Phi) is 5.83. The molecule has 0 radical (unpaired) electrons. The summed E-state index contributed by atoms with van der Waals surface area (Å²) in [6.45, 7) is 2.29. The molecule has 1 aliphatic carbocycles. The highest BCUT2D eigenvalue weighted by Gasteiger charge is 2.29. The van der Waals surface area contributed by atoms with Gasteiger partial charge < -0.3 is 14.5 Å². The normalized spacial score (nSPS) is 16.4. The van der Waals surface area contributed by atoms with Crippen LogP contribution < -0.4 is 4.74 Å². The van der Waals surface area contributed by atoms with Crippen LogP contribution in [0, 0.1) is 0 Å². The van der Waals surface area contributed by atoms with Crippen molar-refractivity contribution in [3.8, 4) is 5.75 Å². The Morgan fingerprint density at radius 2 is 1.72 bits per heavy atom. The van der Waals surface area contributed by atoms with E-state index in [9.17, 15) is 9.59 Å². The Balaban J connectivity index is 1.28. The van der Waals surface area contributed by atoms with Gasteiger partial charge in [0.15, 0.2) is 5.69 Å². The summed E-state index contributed by atoms with van der Waals surface area (Å²) in [6, 6.07) is 7.82. The smallest absolute Gasteiger partial charge is 0.274 e. The number of ether oxygens (including phenoxy) is 1. The Hall–Kier alpha value is -2.83. The number of aromatic nitrogens is 2. The molecule has 1 aromatic heterocycles. The van der Waals surface area contributed by atoms with Crippen LogP contribution in [-0.4, -0.2) is 65.1 Å². The summed E-state index contributed by atoms with van der Waals surface area (Å²) in [5, 5.41) is 7.34. The minimum Gasteiger partial charge on any atom is -0.497 e. The summed E-state index contributed by atoms with van der Waals surface area (Å²) in [6.07, 6.45) is 5.36. The summed E-state index contributed by atoms with van der Waals surface area (Å²) in [5.41, 5.74) is 3.92. The highest BCUT2D eigenvalue weighted by molar-refractivity contribution is 5.94. The first kappa shape index (κ1) is 19.5. The number of aromatic amines is 1. The number of fused-ring (bicyclic) bond motifs is 1. The van der Waals surface area contributed by atoms with Crippen LogP contribution in [0.3, 0.4) is 0 Å². The average molecular weight is 396 g/mol. The minimum atomic E-state index is -0.00488. The number of H-pyrrole nitrogens is 1. The fourth-order valence-corrected chi connectivity index (χ4v) is 4.17. The molecule has 29 heavy (non-hydrogen) atoms. The third kappa shape index (κ3) is 4.28. The van der Waals surface area contributed by atoms with Gasteiger partial charge in [-0.25, -0.2) is 0 Å². The standard InChI is InChI=1S/C22H28N4O3/c1-29-17-9-6-16(7-10-17)8-11-20(27)25-12-14-26(15-13-25)22(28)21-18-4-2-3-5-19(18)23-24-21/h6-7,9-10H,2-5,8,11-15H2,1H3,(H,23,24). The molecule has 1 saturated heterocycles. The largest absolute Gasteiger partial charge is 0.497 e. The van der Waals surface area contributed by atoms with Crippen molar-refractivity contribution in [1.82, 2.24) is 20.0 Å². The molecule has 0 saturated carbocycles. The Morgan fingerprint density at radius 1 is 1.03 bits per heavy atom. The molecular weight excluding hydrogens is 368 g/mol. The maximum atomic E-state index is 12.9. The molecule has 2 amide bonds. The van der Waals surface area contributed by atoms with Gasteiger partial charge in [0.05, 0.1) is 7.11 Å². The van der Waals surface area contributed by atoms with Gasteiger partial charge in [-0.2, -0.15) is 5.10 Å². The second-order valence-corrected chi connectivity index (χ2v) is 7.76. The van der Waals surface area contributed by atoms with E-state index in [1.165, 1.54) is 0 Å². The van der Waals surface area contributed by atoms with Crippen molar-refractivity contribution >= 4 is 11.8 Å². The van der Waals surface area contributed by atoms with Crippen molar-refractivity contribution in [1.29, 1.82) is 0 Å². The van der Waals surface area contributed by atoms with Gasteiger partial charge in [-0.1, -0.05) is 12.1 Å². The zero-order valence-corrected chi connectivity index (χ0v) is 16.9. The monoisotopic (exact) mass is 396 g/mol. The van der Waals surface area contributed by atoms with Crippen molar-refractivity contribution < 1.29 is 14.3 Å². The van der Waals surface area contributed by atoms with E-state index in [-0.39, 0.29) is 11.8 Å². The van der Waals surface area contributed by atoms with Gasteiger partial charge in [-0.15, -0.1) is 0 Å². The van der Waals surface area contributed by atoms with Crippen molar-refractivity contribution in [3.05, 3.63) is 46.8 Å². The second-order valence-electron chi connectivity index (χ2n) is 7.76. The van der Waals surface area contributed by atoms with Gasteiger partial charge in [-0.3, -0.25) is 14.7 Å². The lowest BCUT2D eigenvalue weighted by atomic mass is 9.95. The van der Waals surface area contributed by atoms with E-state index in [0.29, 0.717) is 44.7 Å². The number of nitrogens with zero attached hydrogens (tertiary/aromatic N) is 3. The van der Waals surface area contributed by atoms with Crippen LogP contribution in [-0.2, 0) is 24.1 Å². The Bertz CT molecular complexity index is 867. The van der Waals surface area contributed by atoms with Crippen LogP contribution in [0.15, 0.2) is 24.3 Å². The summed E-state index contributed by atoms with van der Waals surface area (Å²) in [4.78, 5) is 29.2. The molecular formula is C22H28N4O3. The lowest BCUT2D eigenvalue weighted by molar-refractivity contribution is -0.132. The van der Waals surface area contributed by atoms with E-state index in [1.54, 1.807) is 7.11 Å². The molecule has 2 aliphatic rings. The molecule has 2 aromatic rings. The number of methoxy groups -OCH3 is 1. The maximum Gasteiger partial charge on any atom is 0.274 e. The van der Waals surface area contributed by atoms with E-state index in [0.717, 1.165) is 48.3 Å². The number of benzene rings is 1. The van der Waals surface area contributed by atoms with Gasteiger partial charge in [0.25, 0.3) is 5.91 Å². The number of hydrogen-bond acceptors (Lipinski definition) is 4. The van der Waals surface area contributed by atoms with Crippen LogP contribution in [0.25, 0.3) is 0 Å². The Morgan fingerprint density at radius 3 is 2.45 bits per heavy atom. The molecule has 7 nitrogen and oxygen atoms in total.